The summed E-state index contributed by atoms with van der Waals surface area (Å²) < 4.78 is 2.60. The lowest BCUT2D eigenvalue weighted by molar-refractivity contribution is 0.246. The van der Waals surface area contributed by atoms with Crippen molar-refractivity contribution in [2.24, 2.45) is 0 Å². The normalized spacial score (nSPS) is 15.5. The third-order valence-corrected chi connectivity index (χ3v) is 5.20. The highest BCUT2D eigenvalue weighted by Crippen LogP contribution is 2.17. The maximum absolute atomic E-state index is 12.3. The summed E-state index contributed by atoms with van der Waals surface area (Å²) in [7, 11) is 0. The Labute approximate surface area is 160 Å². The molecular weight excluding hydrogens is 394 g/mol. The molecule has 0 aromatic carbocycles. The second-order valence-corrected chi connectivity index (χ2v) is 7.48. The molecule has 1 aliphatic rings. The molecule has 0 atom stereocenters. The first-order valence-corrected chi connectivity index (χ1v) is 9.46. The molecule has 0 N–H and O–H groups in total. The Balaban J connectivity index is 1.46. The van der Waals surface area contributed by atoms with Gasteiger partial charge in [-0.2, -0.15) is 0 Å². The molecule has 3 aromatic heterocycles. The molecule has 4 heterocycles. The lowest BCUT2D eigenvalue weighted by atomic mass is 10.2. The van der Waals surface area contributed by atoms with Crippen LogP contribution in [0.4, 0.5) is 5.82 Å². The molecule has 3 aromatic rings. The van der Waals surface area contributed by atoms with Crippen LogP contribution < -0.4 is 10.5 Å². The van der Waals surface area contributed by atoms with Crippen LogP contribution in [0.25, 0.3) is 5.65 Å². The van der Waals surface area contributed by atoms with Crippen LogP contribution in [0, 0.1) is 6.92 Å². The maximum Gasteiger partial charge on any atom is 0.258 e. The molecule has 0 aliphatic carbocycles. The van der Waals surface area contributed by atoms with Crippen molar-refractivity contribution >= 4 is 27.4 Å². The smallest absolute Gasteiger partial charge is 0.258 e. The van der Waals surface area contributed by atoms with Crippen molar-refractivity contribution in [2.45, 2.75) is 13.5 Å². The van der Waals surface area contributed by atoms with Gasteiger partial charge in [0.2, 0.25) is 0 Å². The topological polar surface area (TPSA) is 53.7 Å². The molecule has 0 saturated carbocycles. The summed E-state index contributed by atoms with van der Waals surface area (Å²) >= 11 is 3.42. The first-order valence-electron chi connectivity index (χ1n) is 8.67. The number of hydrogen-bond acceptors (Lipinski definition) is 5. The van der Waals surface area contributed by atoms with Crippen LogP contribution in [-0.2, 0) is 6.54 Å². The molecule has 0 amide bonds. The highest BCUT2D eigenvalue weighted by molar-refractivity contribution is 9.10. The third kappa shape index (κ3) is 3.50. The summed E-state index contributed by atoms with van der Waals surface area (Å²) in [6, 6.07) is 9.56. The van der Waals surface area contributed by atoms with Gasteiger partial charge in [-0.05, 0) is 46.6 Å². The highest BCUT2D eigenvalue weighted by atomic mass is 79.9. The van der Waals surface area contributed by atoms with Gasteiger partial charge in [-0.15, -0.1) is 0 Å². The predicted molar refractivity (Wildman–Crippen MR) is 106 cm³/mol. The molecule has 1 aliphatic heterocycles. The van der Waals surface area contributed by atoms with Gasteiger partial charge in [-0.3, -0.25) is 14.1 Å². The number of fused-ring (bicyclic) bond motifs is 1. The molecule has 4 rings (SSSR count). The van der Waals surface area contributed by atoms with E-state index in [0.717, 1.165) is 53.4 Å². The van der Waals surface area contributed by atoms with Gasteiger partial charge in [0.25, 0.3) is 5.56 Å². The van der Waals surface area contributed by atoms with Gasteiger partial charge < -0.3 is 4.90 Å². The van der Waals surface area contributed by atoms with Crippen molar-refractivity contribution in [3.8, 4) is 0 Å². The zero-order chi connectivity index (χ0) is 18.1. The van der Waals surface area contributed by atoms with Crippen molar-refractivity contribution in [3.63, 3.8) is 0 Å². The molecule has 1 fully saturated rings. The molecule has 0 unspecified atom stereocenters. The Morgan fingerprint density at radius 2 is 1.96 bits per heavy atom. The zero-order valence-corrected chi connectivity index (χ0v) is 16.2. The summed E-state index contributed by atoms with van der Waals surface area (Å²) in [6.07, 6.45) is 3.60. The highest BCUT2D eigenvalue weighted by Gasteiger charge is 2.19. The van der Waals surface area contributed by atoms with E-state index >= 15 is 0 Å². The average molecular weight is 414 g/mol. The van der Waals surface area contributed by atoms with Gasteiger partial charge in [0.1, 0.15) is 11.5 Å². The van der Waals surface area contributed by atoms with E-state index in [4.69, 9.17) is 4.98 Å². The van der Waals surface area contributed by atoms with Crippen molar-refractivity contribution in [2.75, 3.05) is 31.1 Å². The SMILES string of the molecule is Cc1cccn2c(=O)cc(CN3CCN(c4ccc(Br)cn4)CC3)nc12. The average Bonchev–Trinajstić information content (AvgIpc) is 2.64. The van der Waals surface area contributed by atoms with Gasteiger partial charge in [0.15, 0.2) is 0 Å². The Bertz CT molecular complexity index is 977. The number of pyridine rings is 2. The second kappa shape index (κ2) is 7.17. The predicted octanol–water partition coefficient (Wildman–Crippen LogP) is 2.48. The lowest BCUT2D eigenvalue weighted by Crippen LogP contribution is -2.46. The Morgan fingerprint density at radius 3 is 2.69 bits per heavy atom. The van der Waals surface area contributed by atoms with Crippen LogP contribution >= 0.6 is 15.9 Å². The number of rotatable bonds is 3. The summed E-state index contributed by atoms with van der Waals surface area (Å²) in [5, 5.41) is 0. The summed E-state index contributed by atoms with van der Waals surface area (Å²) in [5.41, 5.74) is 2.57. The minimum absolute atomic E-state index is 0.0219. The Kier molecular flexibility index (Phi) is 4.74. The molecule has 1 saturated heterocycles. The fraction of sp³-hybridized carbons (Fsp3) is 0.316. The summed E-state index contributed by atoms with van der Waals surface area (Å²) in [4.78, 5) is 26.1. The van der Waals surface area contributed by atoms with Crippen LogP contribution in [0.3, 0.4) is 0 Å². The van der Waals surface area contributed by atoms with E-state index in [-0.39, 0.29) is 5.56 Å². The standard InChI is InChI=1S/C19H20BrN5O/c1-14-3-2-6-25-18(26)11-16(22-19(14)25)13-23-7-9-24(10-8-23)17-5-4-15(20)12-21-17/h2-6,11-12H,7-10,13H2,1H3. The van der Waals surface area contributed by atoms with E-state index < -0.39 is 0 Å². The molecule has 26 heavy (non-hydrogen) atoms. The first-order chi connectivity index (χ1) is 12.6. The van der Waals surface area contributed by atoms with Crippen LogP contribution in [-0.4, -0.2) is 45.4 Å². The number of anilines is 1. The largest absolute Gasteiger partial charge is 0.354 e. The van der Waals surface area contributed by atoms with Crippen molar-refractivity contribution in [1.29, 1.82) is 0 Å². The van der Waals surface area contributed by atoms with Crippen LogP contribution in [0.1, 0.15) is 11.3 Å². The summed E-state index contributed by atoms with van der Waals surface area (Å²) in [6.45, 7) is 6.36. The first kappa shape index (κ1) is 17.2. The van der Waals surface area contributed by atoms with E-state index in [1.807, 2.05) is 37.4 Å². The number of nitrogens with zero attached hydrogens (tertiary/aromatic N) is 5. The second-order valence-electron chi connectivity index (χ2n) is 6.57. The number of hydrogen-bond donors (Lipinski definition) is 0. The van der Waals surface area contributed by atoms with E-state index in [2.05, 4.69) is 30.7 Å². The molecule has 7 heteroatoms. The molecular formula is C19H20BrN5O. The van der Waals surface area contributed by atoms with Crippen LogP contribution in [0.2, 0.25) is 0 Å². The van der Waals surface area contributed by atoms with E-state index in [9.17, 15) is 4.79 Å². The maximum atomic E-state index is 12.3. The van der Waals surface area contributed by atoms with E-state index in [1.54, 1.807) is 16.7 Å². The molecule has 0 radical (unpaired) electrons. The van der Waals surface area contributed by atoms with Gasteiger partial charge >= 0.3 is 0 Å². The molecule has 134 valence electrons. The van der Waals surface area contributed by atoms with E-state index in [0.29, 0.717) is 6.54 Å². The van der Waals surface area contributed by atoms with Crippen molar-refractivity contribution in [1.82, 2.24) is 19.3 Å². The quantitative estimate of drug-likeness (QED) is 0.659. The molecule has 6 nitrogen and oxygen atoms in total. The van der Waals surface area contributed by atoms with Crippen LogP contribution in [0.5, 0.6) is 0 Å². The minimum atomic E-state index is -0.0219. The number of halogens is 1. The molecule has 0 bridgehead atoms. The number of aryl methyl sites for hydroxylation is 1. The van der Waals surface area contributed by atoms with Gasteiger partial charge in [-0.25, -0.2) is 9.97 Å². The Morgan fingerprint density at radius 1 is 1.15 bits per heavy atom. The Hall–Kier alpha value is -2.25. The van der Waals surface area contributed by atoms with Gasteiger partial charge in [0, 0.05) is 55.7 Å². The number of piperazine rings is 1. The van der Waals surface area contributed by atoms with Crippen LogP contribution in [0.15, 0.2) is 52.0 Å². The summed E-state index contributed by atoms with van der Waals surface area (Å²) in [5.74, 6) is 1.01. The molecule has 0 spiro atoms. The number of aromatic nitrogens is 3. The van der Waals surface area contributed by atoms with Crippen molar-refractivity contribution in [3.05, 3.63) is 68.8 Å². The fourth-order valence-corrected chi connectivity index (χ4v) is 3.54. The third-order valence-electron chi connectivity index (χ3n) is 4.73. The van der Waals surface area contributed by atoms with Gasteiger partial charge in [0.05, 0.1) is 5.69 Å². The lowest BCUT2D eigenvalue weighted by Gasteiger charge is -2.35. The minimum Gasteiger partial charge on any atom is -0.354 e. The van der Waals surface area contributed by atoms with Crippen molar-refractivity contribution < 1.29 is 0 Å². The zero-order valence-electron chi connectivity index (χ0n) is 14.6. The monoisotopic (exact) mass is 413 g/mol. The van der Waals surface area contributed by atoms with E-state index in [1.165, 1.54) is 0 Å². The fourth-order valence-electron chi connectivity index (χ4n) is 3.31. The van der Waals surface area contributed by atoms with Gasteiger partial charge in [-0.1, -0.05) is 6.07 Å².